The van der Waals surface area contributed by atoms with E-state index < -0.39 is 0 Å². The lowest BCUT2D eigenvalue weighted by Gasteiger charge is -2.07. The first kappa shape index (κ1) is 15.7. The van der Waals surface area contributed by atoms with Crippen LogP contribution in [0.3, 0.4) is 0 Å². The minimum absolute atomic E-state index is 0.209. The molecule has 8 heteroatoms. The monoisotopic (exact) mass is 344 g/mol. The fourth-order valence-corrected chi connectivity index (χ4v) is 3.55. The van der Waals surface area contributed by atoms with E-state index in [0.717, 1.165) is 15.7 Å². The number of nitrogens with zero attached hydrogens (tertiary/aromatic N) is 4. The number of nitrogens with one attached hydrogen (secondary N) is 1. The van der Waals surface area contributed by atoms with E-state index in [0.29, 0.717) is 17.5 Å². The number of benzene rings is 1. The van der Waals surface area contributed by atoms with Crippen molar-refractivity contribution in [1.82, 2.24) is 19.9 Å². The van der Waals surface area contributed by atoms with Gasteiger partial charge in [0.2, 0.25) is 11.9 Å². The maximum atomic E-state index is 5.79. The van der Waals surface area contributed by atoms with Crippen LogP contribution in [0.2, 0.25) is 0 Å². The van der Waals surface area contributed by atoms with Crippen LogP contribution in [0.25, 0.3) is 0 Å². The van der Waals surface area contributed by atoms with Crippen molar-refractivity contribution in [1.29, 1.82) is 0 Å². The van der Waals surface area contributed by atoms with Gasteiger partial charge in [0.15, 0.2) is 4.34 Å². The number of rotatable bonds is 5. The molecule has 23 heavy (non-hydrogen) atoms. The number of nitrogen functional groups attached to an aromatic ring is 1. The van der Waals surface area contributed by atoms with E-state index in [1.54, 1.807) is 23.1 Å². The zero-order valence-corrected chi connectivity index (χ0v) is 14.4. The average Bonchev–Trinajstić information content (AvgIpc) is 2.93. The standard InChI is InChI=1S/C15H16N6S2/c1-9-3-5-11(6-4-9)18-14-20-12(19-13(16)21-14)8-23-15-17-10(2)7-22-15/h3-7H,8H2,1-2H3,(H3,16,18,19,20,21). The molecule has 0 aliphatic rings. The predicted octanol–water partition coefficient (Wildman–Crippen LogP) is 3.56. The van der Waals surface area contributed by atoms with Crippen molar-refractivity contribution in [3.8, 4) is 0 Å². The van der Waals surface area contributed by atoms with Gasteiger partial charge in [0.25, 0.3) is 0 Å². The Morgan fingerprint density at radius 2 is 1.87 bits per heavy atom. The Hall–Kier alpha value is -2.19. The van der Waals surface area contributed by atoms with Gasteiger partial charge in [0.1, 0.15) is 5.82 Å². The third-order valence-electron chi connectivity index (χ3n) is 2.93. The molecule has 0 radical (unpaired) electrons. The van der Waals surface area contributed by atoms with Crippen molar-refractivity contribution in [2.45, 2.75) is 23.9 Å². The Morgan fingerprint density at radius 1 is 1.09 bits per heavy atom. The van der Waals surface area contributed by atoms with Gasteiger partial charge in [-0.15, -0.1) is 11.3 Å². The number of nitrogens with two attached hydrogens (primary N) is 1. The molecule has 3 N–H and O–H groups in total. The number of hydrogen-bond acceptors (Lipinski definition) is 8. The van der Waals surface area contributed by atoms with Crippen LogP contribution < -0.4 is 11.1 Å². The summed E-state index contributed by atoms with van der Waals surface area (Å²) < 4.78 is 0.995. The summed E-state index contributed by atoms with van der Waals surface area (Å²) in [6.45, 7) is 4.02. The lowest BCUT2D eigenvalue weighted by molar-refractivity contribution is 0.981. The SMILES string of the molecule is Cc1ccc(Nc2nc(N)nc(CSc3nc(C)cs3)n2)cc1. The molecule has 2 heterocycles. The second-order valence-electron chi connectivity index (χ2n) is 4.97. The van der Waals surface area contributed by atoms with Crippen molar-refractivity contribution >= 4 is 40.7 Å². The first-order chi connectivity index (χ1) is 11.1. The molecule has 1 aromatic carbocycles. The van der Waals surface area contributed by atoms with Gasteiger partial charge in [0, 0.05) is 16.8 Å². The predicted molar refractivity (Wildman–Crippen MR) is 95.1 cm³/mol. The molecular formula is C15H16N6S2. The number of thioether (sulfide) groups is 1. The zero-order chi connectivity index (χ0) is 16.2. The van der Waals surface area contributed by atoms with E-state index in [9.17, 15) is 0 Å². The minimum Gasteiger partial charge on any atom is -0.368 e. The highest BCUT2D eigenvalue weighted by Crippen LogP contribution is 2.25. The molecule has 0 fully saturated rings. The molecule has 0 aliphatic carbocycles. The Balaban J connectivity index is 1.72. The number of hydrogen-bond donors (Lipinski definition) is 2. The second kappa shape index (κ2) is 6.93. The van der Waals surface area contributed by atoms with Crippen LogP contribution in [-0.2, 0) is 5.75 Å². The molecule has 0 atom stereocenters. The highest BCUT2D eigenvalue weighted by atomic mass is 32.2. The summed E-state index contributed by atoms with van der Waals surface area (Å²) in [6, 6.07) is 7.99. The zero-order valence-electron chi connectivity index (χ0n) is 12.8. The molecule has 0 spiro atoms. The van der Waals surface area contributed by atoms with Crippen molar-refractivity contribution in [2.24, 2.45) is 0 Å². The Bertz CT molecular complexity index is 800. The van der Waals surface area contributed by atoms with Crippen molar-refractivity contribution < 1.29 is 0 Å². The Kier molecular flexibility index (Phi) is 4.73. The number of aromatic nitrogens is 4. The third kappa shape index (κ3) is 4.40. The Labute approximate surface area is 142 Å². The van der Waals surface area contributed by atoms with Crippen molar-refractivity contribution in [3.05, 3.63) is 46.7 Å². The smallest absolute Gasteiger partial charge is 0.232 e. The highest BCUT2D eigenvalue weighted by molar-refractivity contribution is 8.00. The molecule has 0 saturated carbocycles. The van der Waals surface area contributed by atoms with E-state index in [-0.39, 0.29) is 5.95 Å². The third-order valence-corrected chi connectivity index (χ3v) is 5.06. The van der Waals surface area contributed by atoms with E-state index >= 15 is 0 Å². The van der Waals surface area contributed by atoms with Crippen LogP contribution in [0, 0.1) is 13.8 Å². The van der Waals surface area contributed by atoms with Gasteiger partial charge in [-0.25, -0.2) is 4.98 Å². The summed E-state index contributed by atoms with van der Waals surface area (Å²) in [5.74, 6) is 1.89. The van der Waals surface area contributed by atoms with E-state index in [1.165, 1.54) is 5.56 Å². The van der Waals surface area contributed by atoms with Crippen LogP contribution in [0.15, 0.2) is 34.0 Å². The van der Waals surface area contributed by atoms with Gasteiger partial charge in [-0.2, -0.15) is 15.0 Å². The number of thiazole rings is 1. The van der Waals surface area contributed by atoms with Gasteiger partial charge >= 0.3 is 0 Å². The van der Waals surface area contributed by atoms with Gasteiger partial charge in [-0.1, -0.05) is 29.5 Å². The van der Waals surface area contributed by atoms with Gasteiger partial charge in [-0.3, -0.25) is 0 Å². The molecule has 0 amide bonds. The first-order valence-corrected chi connectivity index (χ1v) is 8.84. The van der Waals surface area contributed by atoms with Gasteiger partial charge in [-0.05, 0) is 26.0 Å². The highest BCUT2D eigenvalue weighted by Gasteiger charge is 2.07. The molecular weight excluding hydrogens is 328 g/mol. The summed E-state index contributed by atoms with van der Waals surface area (Å²) >= 11 is 3.21. The maximum Gasteiger partial charge on any atom is 0.232 e. The lowest BCUT2D eigenvalue weighted by Crippen LogP contribution is -2.06. The molecule has 0 saturated heterocycles. The maximum absolute atomic E-state index is 5.79. The number of anilines is 3. The molecule has 2 aromatic heterocycles. The summed E-state index contributed by atoms with van der Waals surface area (Å²) in [5.41, 5.74) is 8.92. The van der Waals surface area contributed by atoms with Crippen LogP contribution in [0.1, 0.15) is 17.1 Å². The molecule has 0 unspecified atom stereocenters. The second-order valence-corrected chi connectivity index (χ2v) is 7.05. The van der Waals surface area contributed by atoms with Gasteiger partial charge < -0.3 is 11.1 Å². The van der Waals surface area contributed by atoms with Crippen molar-refractivity contribution in [3.63, 3.8) is 0 Å². The van der Waals surface area contributed by atoms with Crippen LogP contribution in [0.5, 0.6) is 0 Å². The van der Waals surface area contributed by atoms with E-state index in [1.807, 2.05) is 43.5 Å². The molecule has 6 nitrogen and oxygen atoms in total. The normalized spacial score (nSPS) is 10.7. The average molecular weight is 344 g/mol. The fourth-order valence-electron chi connectivity index (χ4n) is 1.85. The van der Waals surface area contributed by atoms with E-state index in [4.69, 9.17) is 5.73 Å². The lowest BCUT2D eigenvalue weighted by atomic mass is 10.2. The summed E-state index contributed by atoms with van der Waals surface area (Å²) in [5, 5.41) is 5.17. The molecule has 0 aliphatic heterocycles. The summed E-state index contributed by atoms with van der Waals surface area (Å²) in [6.07, 6.45) is 0. The molecule has 118 valence electrons. The van der Waals surface area contributed by atoms with Gasteiger partial charge in [0.05, 0.1) is 5.75 Å². The quantitative estimate of drug-likeness (QED) is 0.684. The minimum atomic E-state index is 0.209. The first-order valence-electron chi connectivity index (χ1n) is 6.97. The topological polar surface area (TPSA) is 89.6 Å². The molecule has 3 aromatic rings. The van der Waals surface area contributed by atoms with Crippen molar-refractivity contribution in [2.75, 3.05) is 11.1 Å². The number of aryl methyl sites for hydroxylation is 2. The largest absolute Gasteiger partial charge is 0.368 e. The summed E-state index contributed by atoms with van der Waals surface area (Å²) in [7, 11) is 0. The van der Waals surface area contributed by atoms with E-state index in [2.05, 4.69) is 25.3 Å². The van der Waals surface area contributed by atoms with Crippen LogP contribution in [0.4, 0.5) is 17.6 Å². The fraction of sp³-hybridized carbons (Fsp3) is 0.200. The Morgan fingerprint density at radius 3 is 2.57 bits per heavy atom. The molecule has 3 rings (SSSR count). The van der Waals surface area contributed by atoms with Crippen LogP contribution in [-0.4, -0.2) is 19.9 Å². The summed E-state index contributed by atoms with van der Waals surface area (Å²) in [4.78, 5) is 17.1. The van der Waals surface area contributed by atoms with Crippen LogP contribution >= 0.6 is 23.1 Å². The molecule has 0 bridgehead atoms.